The average molecular weight is 576 g/mol. The Labute approximate surface area is 209 Å². The van der Waals surface area contributed by atoms with Gasteiger partial charge in [0.05, 0.1) is 13.7 Å². The summed E-state index contributed by atoms with van der Waals surface area (Å²) in [5, 5.41) is 5.81. The highest BCUT2D eigenvalue weighted by atomic mass is 79.9. The Kier molecular flexibility index (Phi) is 8.91. The minimum Gasteiger partial charge on any atom is -0.493 e. The van der Waals surface area contributed by atoms with E-state index in [1.807, 2.05) is 19.1 Å². The molecule has 0 atom stereocenters. The fraction of sp³-hybridized carbons (Fsp3) is 0.200. The lowest BCUT2D eigenvalue weighted by molar-refractivity contribution is 0.0883. The van der Waals surface area contributed by atoms with E-state index in [-0.39, 0.29) is 11.8 Å². The van der Waals surface area contributed by atoms with Crippen molar-refractivity contribution in [3.63, 3.8) is 0 Å². The largest absolute Gasteiger partial charge is 0.493 e. The number of hydrogen-bond donors (Lipinski definition) is 2. The van der Waals surface area contributed by atoms with E-state index in [1.165, 1.54) is 0 Å². The molecule has 0 aromatic heterocycles. The molecule has 2 N–H and O–H groups in total. The van der Waals surface area contributed by atoms with Crippen molar-refractivity contribution in [3.05, 3.63) is 92.4 Å². The van der Waals surface area contributed by atoms with Crippen LogP contribution in [0.5, 0.6) is 11.5 Å². The molecule has 0 aliphatic heterocycles. The van der Waals surface area contributed by atoms with Crippen LogP contribution in [-0.2, 0) is 0 Å². The van der Waals surface area contributed by atoms with Gasteiger partial charge in [0.25, 0.3) is 11.8 Å². The number of ether oxygens (including phenoxy) is 2. The van der Waals surface area contributed by atoms with Crippen molar-refractivity contribution in [1.82, 2.24) is 10.6 Å². The molecule has 3 rings (SSSR count). The molecule has 0 unspecified atom stereocenters. The van der Waals surface area contributed by atoms with Crippen molar-refractivity contribution in [2.24, 2.45) is 0 Å². The fourth-order valence-electron chi connectivity index (χ4n) is 3.09. The van der Waals surface area contributed by atoms with Crippen molar-refractivity contribution >= 4 is 43.7 Å². The van der Waals surface area contributed by atoms with E-state index in [0.717, 1.165) is 15.4 Å². The molecule has 0 radical (unpaired) electrons. The molecule has 0 aliphatic carbocycles. The molecular formula is C25H24Br2N2O4. The number of rotatable bonds is 9. The standard InChI is InChI=1S/C25H24Br2N2O4/c1-3-12-33-21-11-10-16(15-22(21)32-2)23(28-24(30)17-6-4-8-19(26)13-17)29-25(31)18-7-5-9-20(27)14-18/h4-11,13-15,23H,3,12H2,1-2H3,(H,28,30)(H,29,31). The van der Waals surface area contributed by atoms with Gasteiger partial charge in [0.2, 0.25) is 0 Å². The van der Waals surface area contributed by atoms with Gasteiger partial charge < -0.3 is 20.1 Å². The molecule has 0 spiro atoms. The van der Waals surface area contributed by atoms with Gasteiger partial charge in [-0.05, 0) is 60.5 Å². The van der Waals surface area contributed by atoms with E-state index in [9.17, 15) is 9.59 Å². The van der Waals surface area contributed by atoms with Gasteiger partial charge in [-0.25, -0.2) is 0 Å². The van der Waals surface area contributed by atoms with Crippen LogP contribution < -0.4 is 20.1 Å². The molecule has 3 aromatic rings. The summed E-state index contributed by atoms with van der Waals surface area (Å²) in [6.07, 6.45) is 0.0518. The second-order valence-corrected chi connectivity index (χ2v) is 8.99. The normalized spacial score (nSPS) is 10.6. The lowest BCUT2D eigenvalue weighted by atomic mass is 10.1. The molecule has 3 aromatic carbocycles. The SMILES string of the molecule is CCCOc1ccc(C(NC(=O)c2cccc(Br)c2)NC(=O)c2cccc(Br)c2)cc1OC. The van der Waals surface area contributed by atoms with E-state index in [4.69, 9.17) is 9.47 Å². The monoisotopic (exact) mass is 574 g/mol. The number of nitrogens with one attached hydrogen (secondary N) is 2. The molecule has 0 saturated carbocycles. The second-order valence-electron chi connectivity index (χ2n) is 7.16. The van der Waals surface area contributed by atoms with Crippen LogP contribution in [0.3, 0.4) is 0 Å². The van der Waals surface area contributed by atoms with Gasteiger partial charge in [-0.15, -0.1) is 0 Å². The molecule has 0 fully saturated rings. The Morgan fingerprint density at radius 3 is 1.91 bits per heavy atom. The van der Waals surface area contributed by atoms with Crippen LogP contribution in [0.1, 0.15) is 45.8 Å². The Balaban J connectivity index is 1.92. The van der Waals surface area contributed by atoms with Crippen LogP contribution in [-0.4, -0.2) is 25.5 Å². The number of benzene rings is 3. The minimum absolute atomic E-state index is 0.332. The molecular weight excluding hydrogens is 552 g/mol. The Morgan fingerprint density at radius 2 is 1.42 bits per heavy atom. The predicted octanol–water partition coefficient (Wildman–Crippen LogP) is 5.87. The highest BCUT2D eigenvalue weighted by Crippen LogP contribution is 2.30. The van der Waals surface area contributed by atoms with Crippen LogP contribution in [0, 0.1) is 0 Å². The van der Waals surface area contributed by atoms with E-state index >= 15 is 0 Å². The third kappa shape index (κ3) is 6.82. The van der Waals surface area contributed by atoms with Crippen molar-refractivity contribution in [2.45, 2.75) is 19.5 Å². The Morgan fingerprint density at radius 1 is 0.848 bits per heavy atom. The molecule has 0 bridgehead atoms. The summed E-state index contributed by atoms with van der Waals surface area (Å²) in [4.78, 5) is 25.9. The topological polar surface area (TPSA) is 76.7 Å². The van der Waals surface area contributed by atoms with E-state index < -0.39 is 6.17 Å². The maximum Gasteiger partial charge on any atom is 0.253 e. The summed E-state index contributed by atoms with van der Waals surface area (Å²) in [6, 6.07) is 19.4. The number of amides is 2. The molecule has 8 heteroatoms. The van der Waals surface area contributed by atoms with Crippen LogP contribution >= 0.6 is 31.9 Å². The van der Waals surface area contributed by atoms with Crippen molar-refractivity contribution < 1.29 is 19.1 Å². The molecule has 172 valence electrons. The summed E-state index contributed by atoms with van der Waals surface area (Å²) >= 11 is 6.76. The summed E-state index contributed by atoms with van der Waals surface area (Å²) in [5.41, 5.74) is 1.56. The van der Waals surface area contributed by atoms with Gasteiger partial charge in [-0.3, -0.25) is 9.59 Å². The minimum atomic E-state index is -0.808. The third-order valence-corrected chi connectivity index (χ3v) is 5.69. The fourth-order valence-corrected chi connectivity index (χ4v) is 3.88. The quantitative estimate of drug-likeness (QED) is 0.313. The van der Waals surface area contributed by atoms with Crippen LogP contribution in [0.2, 0.25) is 0 Å². The van der Waals surface area contributed by atoms with Gasteiger partial charge in [-0.2, -0.15) is 0 Å². The number of carbonyl (C=O) groups is 2. The number of carbonyl (C=O) groups excluding carboxylic acids is 2. The molecule has 2 amide bonds. The number of hydrogen-bond acceptors (Lipinski definition) is 4. The maximum atomic E-state index is 13.0. The van der Waals surface area contributed by atoms with Crippen LogP contribution in [0.15, 0.2) is 75.7 Å². The van der Waals surface area contributed by atoms with Crippen LogP contribution in [0.25, 0.3) is 0 Å². The molecule has 0 saturated heterocycles. The Hall–Kier alpha value is -2.84. The third-order valence-electron chi connectivity index (χ3n) is 4.71. The second kappa shape index (κ2) is 11.9. The van der Waals surface area contributed by atoms with Gasteiger partial charge in [0, 0.05) is 20.1 Å². The lowest BCUT2D eigenvalue weighted by Gasteiger charge is -2.22. The lowest BCUT2D eigenvalue weighted by Crippen LogP contribution is -2.41. The highest BCUT2D eigenvalue weighted by Gasteiger charge is 2.21. The highest BCUT2D eigenvalue weighted by molar-refractivity contribution is 9.10. The van der Waals surface area contributed by atoms with Gasteiger partial charge in [0.15, 0.2) is 11.5 Å². The first-order valence-electron chi connectivity index (χ1n) is 10.3. The summed E-state index contributed by atoms with van der Waals surface area (Å²) in [5.74, 6) is 0.445. The van der Waals surface area contributed by atoms with E-state index in [2.05, 4.69) is 42.5 Å². The predicted molar refractivity (Wildman–Crippen MR) is 135 cm³/mol. The molecule has 0 aliphatic rings. The molecule has 6 nitrogen and oxygen atoms in total. The van der Waals surface area contributed by atoms with Crippen molar-refractivity contribution in [2.75, 3.05) is 13.7 Å². The van der Waals surface area contributed by atoms with Crippen molar-refractivity contribution in [1.29, 1.82) is 0 Å². The van der Waals surface area contributed by atoms with Gasteiger partial charge in [0.1, 0.15) is 6.17 Å². The first-order valence-corrected chi connectivity index (χ1v) is 11.9. The maximum absolute atomic E-state index is 13.0. The zero-order chi connectivity index (χ0) is 23.8. The van der Waals surface area contributed by atoms with E-state index in [0.29, 0.717) is 34.8 Å². The zero-order valence-electron chi connectivity index (χ0n) is 18.2. The first kappa shape index (κ1) is 24.8. The summed E-state index contributed by atoms with van der Waals surface area (Å²) < 4.78 is 12.8. The van der Waals surface area contributed by atoms with Crippen LogP contribution in [0.4, 0.5) is 0 Å². The van der Waals surface area contributed by atoms with Gasteiger partial charge in [-0.1, -0.05) is 57.0 Å². The smallest absolute Gasteiger partial charge is 0.253 e. The number of methoxy groups -OCH3 is 1. The van der Waals surface area contributed by atoms with Gasteiger partial charge >= 0.3 is 0 Å². The molecule has 33 heavy (non-hydrogen) atoms. The zero-order valence-corrected chi connectivity index (χ0v) is 21.4. The Bertz CT molecular complexity index is 1080. The molecule has 0 heterocycles. The van der Waals surface area contributed by atoms with Crippen molar-refractivity contribution in [3.8, 4) is 11.5 Å². The number of halogens is 2. The average Bonchev–Trinajstić information content (AvgIpc) is 2.82. The first-order chi connectivity index (χ1) is 15.9. The van der Waals surface area contributed by atoms with E-state index in [1.54, 1.807) is 61.7 Å². The summed E-state index contributed by atoms with van der Waals surface area (Å²) in [6.45, 7) is 2.57. The summed E-state index contributed by atoms with van der Waals surface area (Å²) in [7, 11) is 1.55.